The largest absolute Gasteiger partial charge is 0.494 e. The second-order valence-electron chi connectivity index (χ2n) is 7.85. The summed E-state index contributed by atoms with van der Waals surface area (Å²) in [5.41, 5.74) is 7.05. The van der Waals surface area contributed by atoms with Gasteiger partial charge in [0.1, 0.15) is 5.75 Å². The Morgan fingerprint density at radius 1 is 1.00 bits per heavy atom. The zero-order valence-corrected chi connectivity index (χ0v) is 16.5. The van der Waals surface area contributed by atoms with Gasteiger partial charge in [0.2, 0.25) is 0 Å². The third kappa shape index (κ3) is 4.03. The van der Waals surface area contributed by atoms with E-state index in [4.69, 9.17) is 4.74 Å². The number of ether oxygens (including phenoxy) is 1. The summed E-state index contributed by atoms with van der Waals surface area (Å²) in [6.45, 7) is 7.33. The number of fused-ring (bicyclic) bond motifs is 3. The van der Waals surface area contributed by atoms with Crippen molar-refractivity contribution in [1.29, 1.82) is 0 Å². The number of aromatic amines is 1. The van der Waals surface area contributed by atoms with Crippen LogP contribution in [0.2, 0.25) is 0 Å². The van der Waals surface area contributed by atoms with E-state index in [1.54, 1.807) is 0 Å². The number of rotatable bonds is 6. The number of aromatic nitrogens is 1. The minimum atomic E-state index is 0.561. The van der Waals surface area contributed by atoms with Crippen LogP contribution in [-0.2, 0) is 19.3 Å². The summed E-state index contributed by atoms with van der Waals surface area (Å²) >= 11 is 0. The van der Waals surface area contributed by atoms with Gasteiger partial charge in [-0.1, -0.05) is 38.1 Å². The average molecular weight is 363 g/mol. The Morgan fingerprint density at radius 3 is 2.63 bits per heavy atom. The molecule has 0 bridgehead atoms. The van der Waals surface area contributed by atoms with E-state index < -0.39 is 0 Å². The fourth-order valence-electron chi connectivity index (χ4n) is 4.10. The number of aryl methyl sites for hydroxylation is 1. The fraction of sp³-hybridized carbons (Fsp3) is 0.417. The first-order valence-electron chi connectivity index (χ1n) is 10.3. The van der Waals surface area contributed by atoms with Gasteiger partial charge in [-0.15, -0.1) is 0 Å². The van der Waals surface area contributed by atoms with Gasteiger partial charge in [0.25, 0.3) is 0 Å². The van der Waals surface area contributed by atoms with Crippen LogP contribution in [-0.4, -0.2) is 24.7 Å². The molecule has 0 aliphatic carbocycles. The highest BCUT2D eigenvalue weighted by Gasteiger charge is 2.16. The van der Waals surface area contributed by atoms with Crippen molar-refractivity contribution in [2.45, 2.75) is 45.4 Å². The van der Waals surface area contributed by atoms with Crippen molar-refractivity contribution in [3.05, 3.63) is 64.8 Å². The van der Waals surface area contributed by atoms with Crippen molar-refractivity contribution < 1.29 is 4.74 Å². The van der Waals surface area contributed by atoms with Crippen LogP contribution < -0.4 is 10.1 Å². The van der Waals surface area contributed by atoms with Crippen LogP contribution in [0.4, 0.5) is 0 Å². The molecule has 27 heavy (non-hydrogen) atoms. The zero-order chi connectivity index (χ0) is 18.6. The standard InChI is InChI=1S/C24H30N2O/c1-17(2)18-8-10-20(11-9-18)27-16-4-6-19-5-3-7-23-24(19)21-12-14-25-15-13-22(21)26-23/h3,5,7-11,17,25-26H,4,6,12-16H2,1-2H3. The molecular weight excluding hydrogens is 332 g/mol. The molecule has 2 N–H and O–H groups in total. The van der Waals surface area contributed by atoms with E-state index in [-0.39, 0.29) is 0 Å². The predicted octanol–water partition coefficient (Wildman–Crippen LogP) is 4.99. The van der Waals surface area contributed by atoms with E-state index in [0.29, 0.717) is 5.92 Å². The summed E-state index contributed by atoms with van der Waals surface area (Å²) in [6.07, 6.45) is 4.30. The highest BCUT2D eigenvalue weighted by Crippen LogP contribution is 2.28. The molecule has 4 rings (SSSR count). The summed E-state index contributed by atoms with van der Waals surface area (Å²) in [7, 11) is 0. The first-order valence-corrected chi connectivity index (χ1v) is 10.3. The Labute approximate surface area is 162 Å². The molecule has 0 saturated carbocycles. The van der Waals surface area contributed by atoms with Gasteiger partial charge in [-0.2, -0.15) is 0 Å². The van der Waals surface area contributed by atoms with Gasteiger partial charge in [0.05, 0.1) is 6.61 Å². The molecular formula is C24H30N2O. The van der Waals surface area contributed by atoms with Crippen molar-refractivity contribution in [3.8, 4) is 5.75 Å². The molecule has 2 heterocycles. The maximum atomic E-state index is 5.97. The topological polar surface area (TPSA) is 37.0 Å². The van der Waals surface area contributed by atoms with Crippen molar-refractivity contribution >= 4 is 10.9 Å². The van der Waals surface area contributed by atoms with E-state index in [1.807, 2.05) is 0 Å². The van der Waals surface area contributed by atoms with Crippen LogP contribution >= 0.6 is 0 Å². The molecule has 0 radical (unpaired) electrons. The molecule has 0 unspecified atom stereocenters. The van der Waals surface area contributed by atoms with Crippen molar-refractivity contribution in [2.75, 3.05) is 19.7 Å². The monoisotopic (exact) mass is 362 g/mol. The van der Waals surface area contributed by atoms with Gasteiger partial charge in [-0.3, -0.25) is 0 Å². The quantitative estimate of drug-likeness (QED) is 0.606. The molecule has 0 amide bonds. The summed E-state index contributed by atoms with van der Waals surface area (Å²) in [4.78, 5) is 3.66. The molecule has 0 spiro atoms. The Hall–Kier alpha value is -2.26. The van der Waals surface area contributed by atoms with Gasteiger partial charge in [0, 0.05) is 29.6 Å². The summed E-state index contributed by atoms with van der Waals surface area (Å²) < 4.78 is 5.97. The number of nitrogens with one attached hydrogen (secondary N) is 2. The van der Waals surface area contributed by atoms with Crippen molar-refractivity contribution in [3.63, 3.8) is 0 Å². The predicted molar refractivity (Wildman–Crippen MR) is 113 cm³/mol. The Kier molecular flexibility index (Phi) is 5.49. The molecule has 0 atom stereocenters. The van der Waals surface area contributed by atoms with E-state index in [2.05, 4.69) is 66.6 Å². The van der Waals surface area contributed by atoms with Gasteiger partial charge in [-0.05, 0) is 66.6 Å². The Bertz CT molecular complexity index is 893. The minimum absolute atomic E-state index is 0.561. The average Bonchev–Trinajstić information content (AvgIpc) is 2.88. The maximum absolute atomic E-state index is 5.97. The minimum Gasteiger partial charge on any atom is -0.494 e. The Morgan fingerprint density at radius 2 is 1.81 bits per heavy atom. The van der Waals surface area contributed by atoms with Crippen LogP contribution in [0.15, 0.2) is 42.5 Å². The summed E-state index contributed by atoms with van der Waals surface area (Å²) in [6, 6.07) is 15.2. The smallest absolute Gasteiger partial charge is 0.119 e. The summed E-state index contributed by atoms with van der Waals surface area (Å²) in [5.74, 6) is 1.53. The fourth-order valence-corrected chi connectivity index (χ4v) is 4.10. The highest BCUT2D eigenvalue weighted by atomic mass is 16.5. The maximum Gasteiger partial charge on any atom is 0.119 e. The lowest BCUT2D eigenvalue weighted by Crippen LogP contribution is -2.16. The van der Waals surface area contributed by atoms with E-state index in [1.165, 1.54) is 33.3 Å². The van der Waals surface area contributed by atoms with Crippen LogP contribution in [0, 0.1) is 0 Å². The second kappa shape index (κ2) is 8.18. The molecule has 1 aliphatic rings. The second-order valence-corrected chi connectivity index (χ2v) is 7.85. The molecule has 142 valence electrons. The molecule has 0 fully saturated rings. The van der Waals surface area contributed by atoms with Crippen LogP contribution in [0.25, 0.3) is 10.9 Å². The van der Waals surface area contributed by atoms with E-state index in [9.17, 15) is 0 Å². The Balaban J connectivity index is 1.41. The molecule has 3 heteroatoms. The number of benzene rings is 2. The van der Waals surface area contributed by atoms with Crippen LogP contribution in [0.3, 0.4) is 0 Å². The first-order chi connectivity index (χ1) is 13.2. The van der Waals surface area contributed by atoms with Gasteiger partial charge >= 0.3 is 0 Å². The molecule has 3 nitrogen and oxygen atoms in total. The molecule has 1 aromatic heterocycles. The third-order valence-electron chi connectivity index (χ3n) is 5.61. The summed E-state index contributed by atoms with van der Waals surface area (Å²) in [5, 5.41) is 4.96. The lowest BCUT2D eigenvalue weighted by Gasteiger charge is -2.10. The SMILES string of the molecule is CC(C)c1ccc(OCCCc2cccc3[nH]c4c(c23)CCNCC4)cc1. The zero-order valence-electron chi connectivity index (χ0n) is 16.5. The molecule has 3 aromatic rings. The molecule has 2 aromatic carbocycles. The highest BCUT2D eigenvalue weighted by molar-refractivity contribution is 5.88. The first kappa shape index (κ1) is 18.1. The number of hydrogen-bond acceptors (Lipinski definition) is 2. The normalized spacial score (nSPS) is 14.3. The molecule has 1 aliphatic heterocycles. The number of hydrogen-bond donors (Lipinski definition) is 2. The van der Waals surface area contributed by atoms with E-state index in [0.717, 1.165) is 51.1 Å². The molecule has 0 saturated heterocycles. The van der Waals surface area contributed by atoms with Gasteiger partial charge in [0.15, 0.2) is 0 Å². The van der Waals surface area contributed by atoms with Crippen molar-refractivity contribution in [1.82, 2.24) is 10.3 Å². The third-order valence-corrected chi connectivity index (χ3v) is 5.61. The van der Waals surface area contributed by atoms with Gasteiger partial charge in [-0.25, -0.2) is 0 Å². The van der Waals surface area contributed by atoms with E-state index >= 15 is 0 Å². The van der Waals surface area contributed by atoms with Crippen molar-refractivity contribution in [2.24, 2.45) is 0 Å². The lowest BCUT2D eigenvalue weighted by atomic mass is 9.99. The van der Waals surface area contributed by atoms with Crippen LogP contribution in [0.5, 0.6) is 5.75 Å². The van der Waals surface area contributed by atoms with Gasteiger partial charge < -0.3 is 15.0 Å². The lowest BCUT2D eigenvalue weighted by molar-refractivity contribution is 0.311. The number of H-pyrrole nitrogens is 1. The van der Waals surface area contributed by atoms with Crippen LogP contribution in [0.1, 0.15) is 48.6 Å².